The summed E-state index contributed by atoms with van der Waals surface area (Å²) in [6.07, 6.45) is 1.75. The molecule has 6 heteroatoms. The predicted octanol–water partition coefficient (Wildman–Crippen LogP) is 1.34. The molecule has 2 heterocycles. The van der Waals surface area contributed by atoms with Crippen molar-refractivity contribution >= 4 is 12.2 Å². The third kappa shape index (κ3) is 2.33. The fraction of sp³-hybridized carbons (Fsp3) is 0.500. The van der Waals surface area contributed by atoms with Crippen molar-refractivity contribution in [2.24, 2.45) is 10.4 Å². The Morgan fingerprint density at radius 2 is 2.30 bits per heavy atom. The molecule has 1 aliphatic heterocycles. The van der Waals surface area contributed by atoms with Crippen molar-refractivity contribution in [1.82, 2.24) is 4.73 Å². The highest BCUT2D eigenvalue weighted by atomic mass is 16.5. The predicted molar refractivity (Wildman–Crippen MR) is 70.8 cm³/mol. The fourth-order valence-corrected chi connectivity index (χ4v) is 1.88. The largest absolute Gasteiger partial charge is 0.490 e. The van der Waals surface area contributed by atoms with Gasteiger partial charge in [-0.1, -0.05) is 20.8 Å². The normalized spacial score (nSPS) is 14.8. The van der Waals surface area contributed by atoms with Gasteiger partial charge in [-0.05, 0) is 12.5 Å². The van der Waals surface area contributed by atoms with Crippen molar-refractivity contribution < 1.29 is 19.5 Å². The van der Waals surface area contributed by atoms with Gasteiger partial charge in [-0.15, -0.1) is 0 Å². The Bertz CT molecular complexity index is 629. The van der Waals surface area contributed by atoms with Crippen LogP contribution in [-0.2, 0) is 11.2 Å². The lowest BCUT2D eigenvalue weighted by Crippen LogP contribution is -2.28. The molecule has 108 valence electrons. The molecule has 0 bridgehead atoms. The molecule has 1 aliphatic rings. The van der Waals surface area contributed by atoms with Crippen LogP contribution in [0.15, 0.2) is 11.1 Å². The molecule has 1 amide bonds. The van der Waals surface area contributed by atoms with E-state index in [2.05, 4.69) is 4.99 Å². The highest BCUT2D eigenvalue weighted by molar-refractivity contribution is 5.83. The van der Waals surface area contributed by atoms with Crippen LogP contribution in [0, 0.1) is 5.41 Å². The monoisotopic (exact) mass is 278 g/mol. The quantitative estimate of drug-likeness (QED) is 0.668. The second-order valence-corrected chi connectivity index (χ2v) is 5.42. The molecule has 0 spiro atoms. The van der Waals surface area contributed by atoms with Gasteiger partial charge in [0.05, 0.1) is 12.2 Å². The lowest BCUT2D eigenvalue weighted by molar-refractivity contribution is -0.126. The summed E-state index contributed by atoms with van der Waals surface area (Å²) < 4.78 is 6.14. The maximum Gasteiger partial charge on any atom is 0.253 e. The zero-order chi connectivity index (χ0) is 14.9. The fourth-order valence-electron chi connectivity index (χ4n) is 1.88. The topological polar surface area (TPSA) is 80.9 Å². The van der Waals surface area contributed by atoms with Crippen molar-refractivity contribution in [2.75, 3.05) is 6.61 Å². The third-order valence-electron chi connectivity index (χ3n) is 3.67. The summed E-state index contributed by atoms with van der Waals surface area (Å²) in [5.74, 6) is 0.0298. The van der Waals surface area contributed by atoms with E-state index in [1.165, 1.54) is 6.07 Å². The van der Waals surface area contributed by atoms with Crippen LogP contribution in [0.5, 0.6) is 5.75 Å². The lowest BCUT2D eigenvalue weighted by atomic mass is 9.89. The maximum atomic E-state index is 12.1. The first-order chi connectivity index (χ1) is 9.40. The van der Waals surface area contributed by atoms with Crippen LogP contribution in [0.25, 0.3) is 0 Å². The second-order valence-electron chi connectivity index (χ2n) is 5.42. The highest BCUT2D eigenvalue weighted by Crippen LogP contribution is 2.26. The van der Waals surface area contributed by atoms with Gasteiger partial charge in [0, 0.05) is 11.8 Å². The lowest BCUT2D eigenvalue weighted by Gasteiger charge is -2.17. The van der Waals surface area contributed by atoms with E-state index in [1.54, 1.807) is 13.8 Å². The number of aromatic nitrogens is 1. The number of nitrogens with zero attached hydrogens (tertiary/aromatic N) is 2. The van der Waals surface area contributed by atoms with E-state index >= 15 is 0 Å². The van der Waals surface area contributed by atoms with Crippen molar-refractivity contribution in [2.45, 2.75) is 33.6 Å². The Morgan fingerprint density at radius 3 is 2.90 bits per heavy atom. The molecule has 2 rings (SSSR count). The molecule has 0 fully saturated rings. The summed E-state index contributed by atoms with van der Waals surface area (Å²) in [7, 11) is 0. The Hall–Kier alpha value is -2.11. The number of ether oxygens (including phenoxy) is 1. The molecule has 0 saturated carbocycles. The maximum absolute atomic E-state index is 12.1. The van der Waals surface area contributed by atoms with Crippen LogP contribution < -0.4 is 10.2 Å². The van der Waals surface area contributed by atoms with Gasteiger partial charge in [0.2, 0.25) is 0 Å². The molecule has 0 unspecified atom stereocenters. The van der Waals surface area contributed by atoms with E-state index < -0.39 is 5.41 Å². The number of fused-ring (bicyclic) bond motifs is 1. The SMILES string of the molecule is CCC(C)(C)C(=O)N=c1cc(C=O)c2c(n1O)CCO2. The van der Waals surface area contributed by atoms with Crippen LogP contribution in [0.2, 0.25) is 0 Å². The minimum absolute atomic E-state index is 0.0582. The molecule has 1 aromatic rings. The van der Waals surface area contributed by atoms with Gasteiger partial charge in [0.25, 0.3) is 5.91 Å². The number of carbonyl (C=O) groups is 2. The van der Waals surface area contributed by atoms with Gasteiger partial charge >= 0.3 is 0 Å². The van der Waals surface area contributed by atoms with Crippen LogP contribution >= 0.6 is 0 Å². The minimum atomic E-state index is -0.607. The van der Waals surface area contributed by atoms with Gasteiger partial charge in [0.15, 0.2) is 17.5 Å². The number of hydrogen-bond acceptors (Lipinski definition) is 4. The van der Waals surface area contributed by atoms with Crippen LogP contribution in [-0.4, -0.2) is 28.7 Å². The van der Waals surface area contributed by atoms with Gasteiger partial charge in [-0.3, -0.25) is 9.59 Å². The summed E-state index contributed by atoms with van der Waals surface area (Å²) in [6, 6.07) is 1.36. The Kier molecular flexibility index (Phi) is 3.65. The van der Waals surface area contributed by atoms with Crippen molar-refractivity contribution in [3.05, 3.63) is 22.8 Å². The zero-order valence-corrected chi connectivity index (χ0v) is 11.8. The van der Waals surface area contributed by atoms with Crippen LogP contribution in [0.1, 0.15) is 43.2 Å². The minimum Gasteiger partial charge on any atom is -0.490 e. The number of hydrogen-bond donors (Lipinski definition) is 1. The number of pyridine rings is 1. The smallest absolute Gasteiger partial charge is 0.253 e. The van der Waals surface area contributed by atoms with Crippen molar-refractivity contribution in [3.8, 4) is 5.75 Å². The molecule has 0 aliphatic carbocycles. The second kappa shape index (κ2) is 5.11. The molecule has 0 saturated heterocycles. The van der Waals surface area contributed by atoms with E-state index in [-0.39, 0.29) is 11.4 Å². The van der Waals surface area contributed by atoms with Gasteiger partial charge in [-0.25, -0.2) is 0 Å². The molecule has 6 nitrogen and oxygen atoms in total. The van der Waals surface area contributed by atoms with E-state index in [4.69, 9.17) is 4.74 Å². The molecule has 0 atom stereocenters. The van der Waals surface area contributed by atoms with E-state index in [9.17, 15) is 14.8 Å². The number of rotatable bonds is 3. The number of carbonyl (C=O) groups excluding carboxylic acids is 2. The molecular formula is C14H18N2O4. The highest BCUT2D eigenvalue weighted by Gasteiger charge is 2.26. The van der Waals surface area contributed by atoms with Crippen molar-refractivity contribution in [1.29, 1.82) is 0 Å². The molecule has 20 heavy (non-hydrogen) atoms. The molecule has 1 aromatic heterocycles. The molecule has 1 N–H and O–H groups in total. The standard InChI is InChI=1S/C14H18N2O4/c1-4-14(2,3)13(18)15-11-7-9(8-17)12-10(16(11)19)5-6-20-12/h7-8,19H,4-6H2,1-3H3. The first-order valence-corrected chi connectivity index (χ1v) is 6.56. The first kappa shape index (κ1) is 14.3. The average molecular weight is 278 g/mol. The van der Waals surface area contributed by atoms with E-state index in [0.29, 0.717) is 42.7 Å². The van der Waals surface area contributed by atoms with Crippen LogP contribution in [0.3, 0.4) is 0 Å². The van der Waals surface area contributed by atoms with E-state index in [1.807, 2.05) is 6.92 Å². The average Bonchev–Trinajstić information content (AvgIpc) is 2.91. The van der Waals surface area contributed by atoms with E-state index in [0.717, 1.165) is 4.73 Å². The third-order valence-corrected chi connectivity index (χ3v) is 3.67. The van der Waals surface area contributed by atoms with Gasteiger partial charge in [-0.2, -0.15) is 9.72 Å². The molecule has 0 aromatic carbocycles. The van der Waals surface area contributed by atoms with Gasteiger partial charge in [0.1, 0.15) is 5.69 Å². The summed E-state index contributed by atoms with van der Waals surface area (Å²) in [5.41, 5.74) is 0.214. The summed E-state index contributed by atoms with van der Waals surface area (Å²) in [6.45, 7) is 5.87. The number of amides is 1. The Labute approximate surface area is 116 Å². The van der Waals surface area contributed by atoms with Crippen LogP contribution in [0.4, 0.5) is 0 Å². The first-order valence-electron chi connectivity index (χ1n) is 6.56. The Morgan fingerprint density at radius 1 is 1.60 bits per heavy atom. The van der Waals surface area contributed by atoms with Crippen molar-refractivity contribution in [3.63, 3.8) is 0 Å². The summed E-state index contributed by atoms with van der Waals surface area (Å²) in [5, 5.41) is 10.1. The number of aldehydes is 1. The summed E-state index contributed by atoms with van der Waals surface area (Å²) in [4.78, 5) is 27.1. The molecular weight excluding hydrogens is 260 g/mol. The zero-order valence-electron chi connectivity index (χ0n) is 11.8. The summed E-state index contributed by atoms with van der Waals surface area (Å²) >= 11 is 0. The van der Waals surface area contributed by atoms with Gasteiger partial charge < -0.3 is 9.94 Å². The Balaban J connectivity index is 2.59. The molecule has 0 radical (unpaired) electrons.